The van der Waals surface area contributed by atoms with Crippen LogP contribution in [-0.4, -0.2) is 23.6 Å². The summed E-state index contributed by atoms with van der Waals surface area (Å²) in [6.07, 6.45) is -2.28. The van der Waals surface area contributed by atoms with E-state index in [2.05, 4.69) is 9.97 Å². The van der Waals surface area contributed by atoms with Crippen LogP contribution in [-0.2, 0) is 12.6 Å². The van der Waals surface area contributed by atoms with E-state index >= 15 is 0 Å². The molecule has 0 aliphatic heterocycles. The Kier molecular flexibility index (Phi) is 4.05. The summed E-state index contributed by atoms with van der Waals surface area (Å²) in [5.41, 5.74) is 5.83. The number of aromatic nitrogens is 2. The topological polar surface area (TPSA) is 61.0 Å². The van der Waals surface area contributed by atoms with Crippen LogP contribution in [0.5, 0.6) is 5.88 Å². The SMILES string of the molecule is COc1nc(C(F)(F)F)ncc1CCCN. The fourth-order valence-electron chi connectivity index (χ4n) is 1.17. The molecule has 0 unspecified atom stereocenters. The molecule has 0 aliphatic rings. The summed E-state index contributed by atoms with van der Waals surface area (Å²) in [6.45, 7) is 0.449. The standard InChI is InChI=1S/C9H12F3N3O/c1-16-7-6(3-2-4-13)5-14-8(15-7)9(10,11)12/h5H,2-4,13H2,1H3. The molecule has 4 nitrogen and oxygen atoms in total. The van der Waals surface area contributed by atoms with Crippen molar-refractivity contribution in [1.29, 1.82) is 0 Å². The molecule has 0 saturated carbocycles. The lowest BCUT2D eigenvalue weighted by Gasteiger charge is -2.09. The van der Waals surface area contributed by atoms with Crippen molar-refractivity contribution in [3.63, 3.8) is 0 Å². The predicted molar refractivity (Wildman–Crippen MR) is 51.0 cm³/mol. The van der Waals surface area contributed by atoms with Gasteiger partial charge in [-0.05, 0) is 19.4 Å². The fourth-order valence-corrected chi connectivity index (χ4v) is 1.17. The molecule has 0 fully saturated rings. The quantitative estimate of drug-likeness (QED) is 0.856. The first-order chi connectivity index (χ1) is 7.49. The molecule has 16 heavy (non-hydrogen) atoms. The molecule has 0 atom stereocenters. The number of halogens is 3. The zero-order valence-electron chi connectivity index (χ0n) is 8.71. The fraction of sp³-hybridized carbons (Fsp3) is 0.556. The van der Waals surface area contributed by atoms with Crippen LogP contribution in [0, 0.1) is 0 Å². The third-order valence-corrected chi connectivity index (χ3v) is 1.92. The number of nitrogens with two attached hydrogens (primary N) is 1. The van der Waals surface area contributed by atoms with Crippen molar-refractivity contribution in [2.24, 2.45) is 5.73 Å². The Bertz CT molecular complexity index is 354. The van der Waals surface area contributed by atoms with E-state index in [1.807, 2.05) is 0 Å². The number of hydrogen-bond acceptors (Lipinski definition) is 4. The van der Waals surface area contributed by atoms with Crippen LogP contribution in [0.4, 0.5) is 13.2 Å². The van der Waals surface area contributed by atoms with Gasteiger partial charge in [0, 0.05) is 11.8 Å². The van der Waals surface area contributed by atoms with E-state index in [0.29, 0.717) is 24.9 Å². The third-order valence-electron chi connectivity index (χ3n) is 1.92. The van der Waals surface area contributed by atoms with E-state index in [-0.39, 0.29) is 5.88 Å². The molecule has 1 aromatic rings. The number of hydrogen-bond donors (Lipinski definition) is 1. The zero-order chi connectivity index (χ0) is 12.2. The van der Waals surface area contributed by atoms with Crippen LogP contribution in [0.1, 0.15) is 17.8 Å². The van der Waals surface area contributed by atoms with Gasteiger partial charge in [-0.1, -0.05) is 0 Å². The molecular formula is C9H12F3N3O. The van der Waals surface area contributed by atoms with Gasteiger partial charge in [0.2, 0.25) is 11.7 Å². The molecule has 0 saturated heterocycles. The van der Waals surface area contributed by atoms with E-state index in [4.69, 9.17) is 10.5 Å². The van der Waals surface area contributed by atoms with Crippen LogP contribution in [0.2, 0.25) is 0 Å². The maximum atomic E-state index is 12.3. The average molecular weight is 235 g/mol. The molecule has 0 amide bonds. The first-order valence-electron chi connectivity index (χ1n) is 4.66. The van der Waals surface area contributed by atoms with Crippen LogP contribution in [0.15, 0.2) is 6.20 Å². The van der Waals surface area contributed by atoms with Crippen LogP contribution in [0.25, 0.3) is 0 Å². The Balaban J connectivity index is 2.97. The molecule has 0 radical (unpaired) electrons. The minimum Gasteiger partial charge on any atom is -0.481 e. The highest BCUT2D eigenvalue weighted by Crippen LogP contribution is 2.28. The van der Waals surface area contributed by atoms with Crippen LogP contribution < -0.4 is 10.5 Å². The molecule has 0 aromatic carbocycles. The Morgan fingerprint density at radius 3 is 2.62 bits per heavy atom. The third kappa shape index (κ3) is 3.06. The minimum atomic E-state index is -4.56. The Morgan fingerprint density at radius 1 is 1.44 bits per heavy atom. The summed E-state index contributed by atoms with van der Waals surface area (Å²) < 4.78 is 41.6. The summed E-state index contributed by atoms with van der Waals surface area (Å²) in [4.78, 5) is 6.57. The van der Waals surface area contributed by atoms with Gasteiger partial charge in [-0.25, -0.2) is 4.98 Å². The molecule has 0 spiro atoms. The zero-order valence-corrected chi connectivity index (χ0v) is 8.71. The van der Waals surface area contributed by atoms with Crippen molar-refractivity contribution >= 4 is 0 Å². The molecule has 0 bridgehead atoms. The van der Waals surface area contributed by atoms with Gasteiger partial charge in [-0.2, -0.15) is 18.2 Å². The number of alkyl halides is 3. The van der Waals surface area contributed by atoms with Gasteiger partial charge in [-0.15, -0.1) is 0 Å². The lowest BCUT2D eigenvalue weighted by atomic mass is 10.2. The monoisotopic (exact) mass is 235 g/mol. The lowest BCUT2D eigenvalue weighted by molar-refractivity contribution is -0.145. The van der Waals surface area contributed by atoms with Crippen LogP contribution in [0.3, 0.4) is 0 Å². The Labute approximate surface area is 90.6 Å². The van der Waals surface area contributed by atoms with Crippen molar-refractivity contribution in [3.05, 3.63) is 17.6 Å². The van der Waals surface area contributed by atoms with Crippen molar-refractivity contribution in [1.82, 2.24) is 9.97 Å². The van der Waals surface area contributed by atoms with E-state index in [0.717, 1.165) is 6.20 Å². The molecule has 2 N–H and O–H groups in total. The maximum Gasteiger partial charge on any atom is 0.451 e. The van der Waals surface area contributed by atoms with Gasteiger partial charge in [0.05, 0.1) is 7.11 Å². The molecule has 1 aromatic heterocycles. The van der Waals surface area contributed by atoms with Gasteiger partial charge in [0.1, 0.15) is 0 Å². The van der Waals surface area contributed by atoms with Gasteiger partial charge in [-0.3, -0.25) is 0 Å². The van der Waals surface area contributed by atoms with Gasteiger partial charge >= 0.3 is 6.18 Å². The van der Waals surface area contributed by atoms with Gasteiger partial charge < -0.3 is 10.5 Å². The summed E-state index contributed by atoms with van der Waals surface area (Å²) in [7, 11) is 1.27. The summed E-state index contributed by atoms with van der Waals surface area (Å²) in [6, 6.07) is 0. The van der Waals surface area contributed by atoms with E-state index in [9.17, 15) is 13.2 Å². The smallest absolute Gasteiger partial charge is 0.451 e. The highest BCUT2D eigenvalue weighted by Gasteiger charge is 2.35. The Hall–Kier alpha value is -1.37. The Morgan fingerprint density at radius 2 is 2.12 bits per heavy atom. The second kappa shape index (κ2) is 5.11. The van der Waals surface area contributed by atoms with Crippen molar-refractivity contribution in [3.8, 4) is 5.88 Å². The molecule has 1 rings (SSSR count). The number of rotatable bonds is 4. The van der Waals surface area contributed by atoms with E-state index < -0.39 is 12.0 Å². The summed E-state index contributed by atoms with van der Waals surface area (Å²) in [5, 5.41) is 0. The number of aryl methyl sites for hydroxylation is 1. The first-order valence-corrected chi connectivity index (χ1v) is 4.66. The number of methoxy groups -OCH3 is 1. The predicted octanol–water partition coefficient (Wildman–Crippen LogP) is 1.40. The van der Waals surface area contributed by atoms with Crippen molar-refractivity contribution in [2.45, 2.75) is 19.0 Å². The summed E-state index contributed by atoms with van der Waals surface area (Å²) in [5.74, 6) is -1.24. The van der Waals surface area contributed by atoms with Crippen LogP contribution >= 0.6 is 0 Å². The molecule has 90 valence electrons. The second-order valence-electron chi connectivity index (χ2n) is 3.12. The average Bonchev–Trinajstić information content (AvgIpc) is 2.24. The van der Waals surface area contributed by atoms with Crippen molar-refractivity contribution in [2.75, 3.05) is 13.7 Å². The largest absolute Gasteiger partial charge is 0.481 e. The molecule has 7 heteroatoms. The molecule has 0 aliphatic carbocycles. The van der Waals surface area contributed by atoms with Crippen molar-refractivity contribution < 1.29 is 17.9 Å². The minimum absolute atomic E-state index is 0.0456. The normalized spacial score (nSPS) is 11.6. The second-order valence-corrected chi connectivity index (χ2v) is 3.12. The highest BCUT2D eigenvalue weighted by atomic mass is 19.4. The highest BCUT2D eigenvalue weighted by molar-refractivity contribution is 5.24. The first kappa shape index (κ1) is 12.7. The van der Waals surface area contributed by atoms with Gasteiger partial charge in [0.15, 0.2) is 0 Å². The number of ether oxygens (including phenoxy) is 1. The maximum absolute atomic E-state index is 12.3. The van der Waals surface area contributed by atoms with Gasteiger partial charge in [0.25, 0.3) is 0 Å². The number of nitrogens with zero attached hydrogens (tertiary/aromatic N) is 2. The van der Waals surface area contributed by atoms with E-state index in [1.165, 1.54) is 7.11 Å². The molecular weight excluding hydrogens is 223 g/mol. The summed E-state index contributed by atoms with van der Waals surface area (Å²) >= 11 is 0. The molecule has 1 heterocycles. The van der Waals surface area contributed by atoms with E-state index in [1.54, 1.807) is 0 Å². The lowest BCUT2D eigenvalue weighted by Crippen LogP contribution is -2.13.